The zero-order chi connectivity index (χ0) is 14.7. The molecule has 1 N–H and O–H groups in total. The van der Waals surface area contributed by atoms with Crippen molar-refractivity contribution in [1.82, 2.24) is 4.90 Å². The summed E-state index contributed by atoms with van der Waals surface area (Å²) in [6.45, 7) is 1.17. The molecule has 0 radical (unpaired) electrons. The predicted molar refractivity (Wildman–Crippen MR) is 80.0 cm³/mol. The third-order valence-electron chi connectivity index (χ3n) is 3.52. The Hall–Kier alpha value is -1.07. The number of piperidine rings is 1. The van der Waals surface area contributed by atoms with E-state index in [-0.39, 0.29) is 18.2 Å². The molecule has 1 saturated heterocycles. The lowest BCUT2D eigenvalue weighted by atomic mass is 9.93. The molecule has 1 aliphatic rings. The zero-order valence-corrected chi connectivity index (χ0v) is 13.2. The fourth-order valence-corrected chi connectivity index (χ4v) is 2.98. The summed E-state index contributed by atoms with van der Waals surface area (Å²) in [6.07, 6.45) is 1.63. The van der Waals surface area contributed by atoms with E-state index >= 15 is 0 Å². The highest BCUT2D eigenvalue weighted by molar-refractivity contribution is 9.10. The van der Waals surface area contributed by atoms with E-state index in [9.17, 15) is 9.59 Å². The Labute approximate surface area is 130 Å². The zero-order valence-electron chi connectivity index (χ0n) is 10.8. The predicted octanol–water partition coefficient (Wildman–Crippen LogP) is 3.43. The van der Waals surface area contributed by atoms with E-state index in [4.69, 9.17) is 16.7 Å². The third kappa shape index (κ3) is 3.73. The smallest absolute Gasteiger partial charge is 0.303 e. The standard InChI is InChI=1S/C14H15BrClNO3/c15-10-1-2-12(16)11(8-10)14(20)17-5-3-9(4-6-17)7-13(18)19/h1-2,8-9H,3-7H2,(H,18,19). The highest BCUT2D eigenvalue weighted by Crippen LogP contribution is 2.26. The van der Waals surface area contributed by atoms with Crippen molar-refractivity contribution in [3.8, 4) is 0 Å². The second kappa shape index (κ2) is 6.59. The van der Waals surface area contributed by atoms with Crippen LogP contribution in [0.2, 0.25) is 5.02 Å². The van der Waals surface area contributed by atoms with Crippen LogP contribution in [-0.2, 0) is 4.79 Å². The number of hydrogen-bond donors (Lipinski definition) is 1. The molecule has 0 atom stereocenters. The van der Waals surface area contributed by atoms with Crippen molar-refractivity contribution < 1.29 is 14.7 Å². The normalized spacial score (nSPS) is 16.2. The molecule has 0 saturated carbocycles. The van der Waals surface area contributed by atoms with Crippen LogP contribution in [0.5, 0.6) is 0 Å². The molecule has 1 aliphatic heterocycles. The number of nitrogens with zero attached hydrogens (tertiary/aromatic N) is 1. The summed E-state index contributed by atoms with van der Waals surface area (Å²) in [5.74, 6) is -0.704. The van der Waals surface area contributed by atoms with Crippen molar-refractivity contribution in [3.63, 3.8) is 0 Å². The van der Waals surface area contributed by atoms with Crippen LogP contribution < -0.4 is 0 Å². The van der Waals surface area contributed by atoms with Crippen LogP contribution in [0.4, 0.5) is 0 Å². The maximum Gasteiger partial charge on any atom is 0.303 e. The van der Waals surface area contributed by atoms with Crippen molar-refractivity contribution >= 4 is 39.4 Å². The SMILES string of the molecule is O=C(O)CC1CCN(C(=O)c2cc(Br)ccc2Cl)CC1. The first-order valence-electron chi connectivity index (χ1n) is 6.43. The van der Waals surface area contributed by atoms with E-state index in [1.165, 1.54) is 0 Å². The van der Waals surface area contributed by atoms with Crippen LogP contribution >= 0.6 is 27.5 Å². The molecule has 1 heterocycles. The molecule has 108 valence electrons. The maximum absolute atomic E-state index is 12.4. The van der Waals surface area contributed by atoms with Gasteiger partial charge in [-0.2, -0.15) is 0 Å². The Morgan fingerprint density at radius 1 is 1.35 bits per heavy atom. The highest BCUT2D eigenvalue weighted by atomic mass is 79.9. The van der Waals surface area contributed by atoms with Crippen molar-refractivity contribution in [2.45, 2.75) is 19.3 Å². The molecule has 0 bridgehead atoms. The molecule has 4 nitrogen and oxygen atoms in total. The Kier molecular flexibility index (Phi) is 5.05. The molecule has 20 heavy (non-hydrogen) atoms. The number of rotatable bonds is 3. The van der Waals surface area contributed by atoms with Gasteiger partial charge in [0.05, 0.1) is 10.6 Å². The molecule has 0 aliphatic carbocycles. The van der Waals surface area contributed by atoms with Crippen molar-refractivity contribution in [3.05, 3.63) is 33.3 Å². The number of carboxylic acids is 1. The van der Waals surface area contributed by atoms with Crippen LogP contribution in [0, 0.1) is 5.92 Å². The van der Waals surface area contributed by atoms with Gasteiger partial charge in [0.1, 0.15) is 0 Å². The van der Waals surface area contributed by atoms with Crippen LogP contribution in [0.15, 0.2) is 22.7 Å². The van der Waals surface area contributed by atoms with Crippen LogP contribution in [0.1, 0.15) is 29.6 Å². The molecule has 1 aromatic rings. The number of amides is 1. The fraction of sp³-hybridized carbons (Fsp3) is 0.429. The van der Waals surface area contributed by atoms with Crippen molar-refractivity contribution in [1.29, 1.82) is 0 Å². The lowest BCUT2D eigenvalue weighted by Gasteiger charge is -2.31. The molecule has 0 unspecified atom stereocenters. The van der Waals surface area contributed by atoms with E-state index in [0.29, 0.717) is 23.7 Å². The van der Waals surface area contributed by atoms with Crippen LogP contribution in [0.25, 0.3) is 0 Å². The van der Waals surface area contributed by atoms with Crippen LogP contribution in [-0.4, -0.2) is 35.0 Å². The number of carboxylic acid groups (broad SMARTS) is 1. The Bertz CT molecular complexity index is 527. The number of likely N-dealkylation sites (tertiary alicyclic amines) is 1. The Morgan fingerprint density at radius 2 is 2.00 bits per heavy atom. The second-order valence-corrected chi connectivity index (χ2v) is 6.28. The number of benzene rings is 1. The first kappa shape index (κ1) is 15.3. The summed E-state index contributed by atoms with van der Waals surface area (Å²) >= 11 is 9.39. The minimum absolute atomic E-state index is 0.0925. The van der Waals surface area contributed by atoms with E-state index in [2.05, 4.69) is 15.9 Å². The molecular formula is C14H15BrClNO3. The van der Waals surface area contributed by atoms with E-state index in [1.807, 2.05) is 0 Å². The second-order valence-electron chi connectivity index (χ2n) is 4.96. The number of aliphatic carboxylic acids is 1. The van der Waals surface area contributed by atoms with Gasteiger partial charge < -0.3 is 10.0 Å². The lowest BCUT2D eigenvalue weighted by Crippen LogP contribution is -2.39. The monoisotopic (exact) mass is 359 g/mol. The number of hydrogen-bond acceptors (Lipinski definition) is 2. The van der Waals surface area contributed by atoms with Gasteiger partial charge in [-0.05, 0) is 37.0 Å². The number of carbonyl (C=O) groups is 2. The molecule has 6 heteroatoms. The molecule has 0 aromatic heterocycles. The first-order valence-corrected chi connectivity index (χ1v) is 7.60. The molecule has 1 fully saturated rings. The largest absolute Gasteiger partial charge is 0.481 e. The minimum Gasteiger partial charge on any atom is -0.481 e. The molecular weight excluding hydrogens is 346 g/mol. The average Bonchev–Trinajstić information content (AvgIpc) is 2.41. The summed E-state index contributed by atoms with van der Waals surface area (Å²) in [6, 6.07) is 5.20. The highest BCUT2D eigenvalue weighted by Gasteiger charge is 2.26. The van der Waals surface area contributed by atoms with Gasteiger partial charge in [0, 0.05) is 24.0 Å². The van der Waals surface area contributed by atoms with E-state index in [1.54, 1.807) is 23.1 Å². The summed E-state index contributed by atoms with van der Waals surface area (Å²) in [7, 11) is 0. The molecule has 2 rings (SSSR count). The summed E-state index contributed by atoms with van der Waals surface area (Å²) < 4.78 is 0.811. The maximum atomic E-state index is 12.4. The Balaban J connectivity index is 2.01. The third-order valence-corrected chi connectivity index (χ3v) is 4.35. The molecule has 1 aromatic carbocycles. The van der Waals surface area contributed by atoms with Gasteiger partial charge in [0.25, 0.3) is 5.91 Å². The van der Waals surface area contributed by atoms with Gasteiger partial charge in [-0.25, -0.2) is 0 Å². The van der Waals surface area contributed by atoms with Gasteiger partial charge in [0.2, 0.25) is 0 Å². The summed E-state index contributed by atoms with van der Waals surface area (Å²) in [5, 5.41) is 9.22. The van der Waals surface area contributed by atoms with Gasteiger partial charge in [-0.3, -0.25) is 9.59 Å². The van der Waals surface area contributed by atoms with E-state index < -0.39 is 5.97 Å². The molecule has 0 spiro atoms. The van der Waals surface area contributed by atoms with Gasteiger partial charge in [-0.1, -0.05) is 27.5 Å². The lowest BCUT2D eigenvalue weighted by molar-refractivity contribution is -0.138. The fourth-order valence-electron chi connectivity index (χ4n) is 2.42. The van der Waals surface area contributed by atoms with Crippen LogP contribution in [0.3, 0.4) is 0 Å². The van der Waals surface area contributed by atoms with Crippen molar-refractivity contribution in [2.24, 2.45) is 5.92 Å². The Morgan fingerprint density at radius 3 is 2.60 bits per heavy atom. The quantitative estimate of drug-likeness (QED) is 0.898. The average molecular weight is 361 g/mol. The minimum atomic E-state index is -0.773. The van der Waals surface area contributed by atoms with Crippen molar-refractivity contribution in [2.75, 3.05) is 13.1 Å². The van der Waals surface area contributed by atoms with Gasteiger partial charge in [0.15, 0.2) is 0 Å². The molecule has 1 amide bonds. The topological polar surface area (TPSA) is 57.6 Å². The summed E-state index contributed by atoms with van der Waals surface area (Å²) in [5.41, 5.74) is 0.484. The van der Waals surface area contributed by atoms with E-state index in [0.717, 1.165) is 17.3 Å². The number of carbonyl (C=O) groups excluding carboxylic acids is 1. The van der Waals surface area contributed by atoms with Gasteiger partial charge >= 0.3 is 5.97 Å². The summed E-state index contributed by atoms with van der Waals surface area (Å²) in [4.78, 5) is 24.8. The number of halogens is 2. The first-order chi connectivity index (χ1) is 9.47. The van der Waals surface area contributed by atoms with Gasteiger partial charge in [-0.15, -0.1) is 0 Å².